The van der Waals surface area contributed by atoms with Crippen LogP contribution >= 0.6 is 0 Å². The molecule has 0 saturated heterocycles. The van der Waals surface area contributed by atoms with Gasteiger partial charge < -0.3 is 19.5 Å². The van der Waals surface area contributed by atoms with Gasteiger partial charge >= 0.3 is 0 Å². The van der Waals surface area contributed by atoms with Crippen molar-refractivity contribution in [2.75, 3.05) is 27.3 Å². The number of nitrogens with one attached hydrogen (secondary N) is 1. The van der Waals surface area contributed by atoms with Gasteiger partial charge in [-0.15, -0.1) is 0 Å². The molecule has 0 aliphatic carbocycles. The molecule has 1 aromatic heterocycles. The number of carbonyl (C=O) groups is 2. The first-order valence-corrected chi connectivity index (χ1v) is 10.6. The van der Waals surface area contributed by atoms with Gasteiger partial charge in [-0.05, 0) is 43.4 Å². The molecule has 2 aromatic rings. The van der Waals surface area contributed by atoms with Gasteiger partial charge in [0.05, 0.1) is 12.0 Å². The number of benzene rings is 1. The Morgan fingerprint density at radius 1 is 1.19 bits per heavy atom. The molecule has 0 bridgehead atoms. The first-order valence-electron chi connectivity index (χ1n) is 10.6. The van der Waals surface area contributed by atoms with E-state index in [0.717, 1.165) is 16.7 Å². The van der Waals surface area contributed by atoms with E-state index in [2.05, 4.69) is 5.32 Å². The van der Waals surface area contributed by atoms with Crippen LogP contribution in [0.15, 0.2) is 41.3 Å². The van der Waals surface area contributed by atoms with E-state index in [1.807, 2.05) is 50.4 Å². The quantitative estimate of drug-likeness (QED) is 0.736. The molecule has 0 fully saturated rings. The number of carbonyl (C=O) groups excluding carboxylic acids is 2. The molecule has 2 heterocycles. The van der Waals surface area contributed by atoms with Crippen molar-refractivity contribution < 1.29 is 14.3 Å². The topological polar surface area (TPSA) is 80.6 Å². The van der Waals surface area contributed by atoms with E-state index in [4.69, 9.17) is 4.74 Å². The first kappa shape index (κ1) is 22.7. The summed E-state index contributed by atoms with van der Waals surface area (Å²) in [6.45, 7) is 5.36. The molecule has 2 amide bonds. The predicted molar refractivity (Wildman–Crippen MR) is 119 cm³/mol. The van der Waals surface area contributed by atoms with Gasteiger partial charge in [0.2, 0.25) is 5.91 Å². The minimum atomic E-state index is -0.641. The van der Waals surface area contributed by atoms with Crippen LogP contribution in [0.3, 0.4) is 0 Å². The summed E-state index contributed by atoms with van der Waals surface area (Å²) in [5.41, 5.74) is 1.97. The van der Waals surface area contributed by atoms with Crippen LogP contribution in [-0.2, 0) is 35.5 Å². The molecule has 0 radical (unpaired) electrons. The van der Waals surface area contributed by atoms with E-state index in [1.54, 1.807) is 16.6 Å². The fourth-order valence-corrected chi connectivity index (χ4v) is 4.15. The van der Waals surface area contributed by atoms with Crippen LogP contribution in [0.25, 0.3) is 0 Å². The van der Waals surface area contributed by atoms with Gasteiger partial charge in [-0.3, -0.25) is 14.4 Å². The third-order valence-corrected chi connectivity index (χ3v) is 5.78. The number of pyridine rings is 1. The summed E-state index contributed by atoms with van der Waals surface area (Å²) < 4.78 is 6.82. The number of aromatic nitrogens is 1. The van der Waals surface area contributed by atoms with Crippen LogP contribution in [0, 0.1) is 5.41 Å². The van der Waals surface area contributed by atoms with E-state index in [0.29, 0.717) is 39.1 Å². The second kappa shape index (κ2) is 9.47. The smallest absolute Gasteiger partial charge is 0.263 e. The van der Waals surface area contributed by atoms with Gasteiger partial charge in [0.15, 0.2) is 0 Å². The maximum atomic E-state index is 13.1. The standard InChI is InChI=1S/C24H31N3O4/c1-24(2,16-31-4)23(30)27-13-11-19-18(15-27)14-26(22(29)20(19)21(28)25-3)12-10-17-8-6-5-7-9-17/h5-9,14H,10-13,15-16H2,1-4H3,(H,25,28). The summed E-state index contributed by atoms with van der Waals surface area (Å²) in [5.74, 6) is -0.377. The molecule has 166 valence electrons. The lowest BCUT2D eigenvalue weighted by atomic mass is 9.90. The highest BCUT2D eigenvalue weighted by Crippen LogP contribution is 2.26. The van der Waals surface area contributed by atoms with Crippen molar-refractivity contribution in [1.82, 2.24) is 14.8 Å². The van der Waals surface area contributed by atoms with E-state index in [1.165, 1.54) is 7.05 Å². The maximum absolute atomic E-state index is 13.1. The van der Waals surface area contributed by atoms with Crippen molar-refractivity contribution in [1.29, 1.82) is 0 Å². The van der Waals surface area contributed by atoms with Crippen molar-refractivity contribution in [2.45, 2.75) is 39.8 Å². The van der Waals surface area contributed by atoms with Crippen LogP contribution in [0.1, 0.15) is 40.9 Å². The molecular weight excluding hydrogens is 394 g/mol. The van der Waals surface area contributed by atoms with Crippen LogP contribution in [-0.4, -0.2) is 48.6 Å². The van der Waals surface area contributed by atoms with Gasteiger partial charge in [-0.2, -0.15) is 0 Å². The van der Waals surface area contributed by atoms with Crippen molar-refractivity contribution in [3.8, 4) is 0 Å². The van der Waals surface area contributed by atoms with Crippen LogP contribution in [0.2, 0.25) is 0 Å². The average molecular weight is 426 g/mol. The molecule has 31 heavy (non-hydrogen) atoms. The highest BCUT2D eigenvalue weighted by atomic mass is 16.5. The number of nitrogens with zero attached hydrogens (tertiary/aromatic N) is 2. The molecule has 7 nitrogen and oxygen atoms in total. The summed E-state index contributed by atoms with van der Waals surface area (Å²) >= 11 is 0. The number of aryl methyl sites for hydroxylation is 2. The fourth-order valence-electron chi connectivity index (χ4n) is 4.15. The number of rotatable bonds is 7. The Hall–Kier alpha value is -2.93. The number of hydrogen-bond donors (Lipinski definition) is 1. The Morgan fingerprint density at radius 3 is 2.55 bits per heavy atom. The van der Waals surface area contributed by atoms with Gasteiger partial charge in [0.1, 0.15) is 5.56 Å². The van der Waals surface area contributed by atoms with Crippen molar-refractivity contribution in [3.63, 3.8) is 0 Å². The van der Waals surface area contributed by atoms with Crippen LogP contribution in [0.5, 0.6) is 0 Å². The molecule has 1 aromatic carbocycles. The van der Waals surface area contributed by atoms with Gasteiger partial charge in [-0.1, -0.05) is 30.3 Å². The molecule has 3 rings (SSSR count). The molecular formula is C24H31N3O4. The average Bonchev–Trinajstić information content (AvgIpc) is 2.77. The summed E-state index contributed by atoms with van der Waals surface area (Å²) in [6.07, 6.45) is 2.97. The highest BCUT2D eigenvalue weighted by molar-refractivity contribution is 5.95. The fraction of sp³-hybridized carbons (Fsp3) is 0.458. The molecule has 1 aliphatic rings. The van der Waals surface area contributed by atoms with E-state index in [-0.39, 0.29) is 22.9 Å². The molecule has 0 atom stereocenters. The number of amides is 2. The lowest BCUT2D eigenvalue weighted by Crippen LogP contribution is -2.46. The third-order valence-electron chi connectivity index (χ3n) is 5.78. The number of methoxy groups -OCH3 is 1. The molecule has 1 N–H and O–H groups in total. The van der Waals surface area contributed by atoms with Gasteiger partial charge in [0.25, 0.3) is 11.5 Å². The van der Waals surface area contributed by atoms with Crippen molar-refractivity contribution in [3.05, 3.63) is 69.1 Å². The van der Waals surface area contributed by atoms with Crippen LogP contribution < -0.4 is 10.9 Å². The number of fused-ring (bicyclic) bond motifs is 1. The second-order valence-corrected chi connectivity index (χ2v) is 8.61. The third kappa shape index (κ3) is 4.88. The second-order valence-electron chi connectivity index (χ2n) is 8.61. The molecule has 7 heteroatoms. The summed E-state index contributed by atoms with van der Waals surface area (Å²) in [4.78, 5) is 40.5. The molecule has 0 unspecified atom stereocenters. The minimum Gasteiger partial charge on any atom is -0.384 e. The number of ether oxygens (including phenoxy) is 1. The SMILES string of the molecule is CNC(=O)c1c2c(cn(CCc3ccccc3)c1=O)CN(C(=O)C(C)(C)COC)CC2. The molecule has 0 saturated carbocycles. The molecule has 0 spiro atoms. The van der Waals surface area contributed by atoms with E-state index < -0.39 is 5.41 Å². The largest absolute Gasteiger partial charge is 0.384 e. The van der Waals surface area contributed by atoms with Gasteiger partial charge in [0, 0.05) is 40.0 Å². The Kier molecular flexibility index (Phi) is 6.95. The zero-order valence-corrected chi connectivity index (χ0v) is 18.7. The van der Waals surface area contributed by atoms with E-state index >= 15 is 0 Å². The zero-order chi connectivity index (χ0) is 22.6. The monoisotopic (exact) mass is 425 g/mol. The summed E-state index contributed by atoms with van der Waals surface area (Å²) in [6, 6.07) is 9.91. The predicted octanol–water partition coefficient (Wildman–Crippen LogP) is 2.01. The zero-order valence-electron chi connectivity index (χ0n) is 18.7. The van der Waals surface area contributed by atoms with E-state index in [9.17, 15) is 14.4 Å². The first-order chi connectivity index (χ1) is 14.8. The van der Waals surface area contributed by atoms with Gasteiger partial charge in [-0.25, -0.2) is 0 Å². The maximum Gasteiger partial charge on any atom is 0.263 e. The van der Waals surface area contributed by atoms with Crippen molar-refractivity contribution in [2.24, 2.45) is 5.41 Å². The summed E-state index contributed by atoms with van der Waals surface area (Å²) in [7, 11) is 3.11. The lowest BCUT2D eigenvalue weighted by Gasteiger charge is -2.35. The molecule has 1 aliphatic heterocycles. The van der Waals surface area contributed by atoms with Crippen LogP contribution in [0.4, 0.5) is 0 Å². The Bertz CT molecular complexity index is 1010. The highest BCUT2D eigenvalue weighted by Gasteiger charge is 2.35. The Balaban J connectivity index is 1.94. The minimum absolute atomic E-state index is 0.00327. The normalized spacial score (nSPS) is 13.6. The van der Waals surface area contributed by atoms with Crippen molar-refractivity contribution >= 4 is 11.8 Å². The summed E-state index contributed by atoms with van der Waals surface area (Å²) in [5, 5.41) is 2.60. The number of hydrogen-bond acceptors (Lipinski definition) is 4. The Labute approximate surface area is 183 Å². The lowest BCUT2D eigenvalue weighted by molar-refractivity contribution is -0.144. The Morgan fingerprint density at radius 2 is 1.90 bits per heavy atom.